The van der Waals surface area contributed by atoms with Crippen LogP contribution in [-0.4, -0.2) is 16.6 Å². The Balaban J connectivity index is 2.11. The number of aromatic hydroxyl groups is 1. The second kappa shape index (κ2) is 3.98. The first kappa shape index (κ1) is 11.3. The maximum atomic E-state index is 11.9. The van der Waals surface area contributed by atoms with E-state index in [1.807, 2.05) is 6.92 Å². The summed E-state index contributed by atoms with van der Waals surface area (Å²) in [5.74, 6) is -0.142. The van der Waals surface area contributed by atoms with E-state index in [0.717, 1.165) is 19.3 Å². The number of carbonyl (C=O) groups is 1. The lowest BCUT2D eigenvalue weighted by Gasteiger charge is -2.39. The van der Waals surface area contributed by atoms with Crippen molar-refractivity contribution in [1.29, 1.82) is 0 Å². The molecule has 0 heterocycles. The summed E-state index contributed by atoms with van der Waals surface area (Å²) >= 11 is 5.75. The summed E-state index contributed by atoms with van der Waals surface area (Å²) in [5, 5.41) is 12.4. The van der Waals surface area contributed by atoms with Crippen LogP contribution in [0.4, 0.5) is 0 Å². The van der Waals surface area contributed by atoms with Gasteiger partial charge in [-0.05, 0) is 44.4 Å². The summed E-state index contributed by atoms with van der Waals surface area (Å²) in [6.45, 7) is 2.04. The van der Waals surface area contributed by atoms with E-state index < -0.39 is 0 Å². The third-order valence-corrected chi connectivity index (χ3v) is 3.39. The number of benzene rings is 1. The van der Waals surface area contributed by atoms with Gasteiger partial charge in [-0.15, -0.1) is 0 Å². The lowest BCUT2D eigenvalue weighted by molar-refractivity contribution is 0.0850. The average molecular weight is 240 g/mol. The molecule has 1 amide bonds. The molecule has 4 heteroatoms. The van der Waals surface area contributed by atoms with Crippen LogP contribution in [0.2, 0.25) is 5.02 Å². The number of amides is 1. The molecule has 0 atom stereocenters. The fourth-order valence-corrected chi connectivity index (χ4v) is 2.01. The lowest BCUT2D eigenvalue weighted by Crippen LogP contribution is -2.50. The van der Waals surface area contributed by atoms with Crippen LogP contribution in [0.25, 0.3) is 0 Å². The SMILES string of the molecule is CC1(NC(=O)c2ccc(O)c(Cl)c2)CCC1. The third-order valence-electron chi connectivity index (χ3n) is 3.08. The first-order chi connectivity index (χ1) is 7.50. The first-order valence-electron chi connectivity index (χ1n) is 5.31. The van der Waals surface area contributed by atoms with Crippen LogP contribution in [0.5, 0.6) is 5.75 Å². The van der Waals surface area contributed by atoms with Crippen molar-refractivity contribution in [3.8, 4) is 5.75 Å². The molecule has 2 rings (SSSR count). The predicted octanol–water partition coefficient (Wildman–Crippen LogP) is 2.72. The molecule has 0 bridgehead atoms. The van der Waals surface area contributed by atoms with Gasteiger partial charge in [0.1, 0.15) is 5.75 Å². The molecule has 1 aliphatic rings. The van der Waals surface area contributed by atoms with Crippen molar-refractivity contribution in [3.05, 3.63) is 28.8 Å². The zero-order chi connectivity index (χ0) is 11.8. The van der Waals surface area contributed by atoms with Crippen molar-refractivity contribution in [3.63, 3.8) is 0 Å². The molecule has 1 aliphatic carbocycles. The molecule has 0 unspecified atom stereocenters. The second-order valence-electron chi connectivity index (χ2n) is 4.53. The van der Waals surface area contributed by atoms with Gasteiger partial charge in [-0.2, -0.15) is 0 Å². The maximum absolute atomic E-state index is 11.9. The number of phenols is 1. The van der Waals surface area contributed by atoms with E-state index in [0.29, 0.717) is 5.56 Å². The van der Waals surface area contributed by atoms with E-state index in [1.165, 1.54) is 12.1 Å². The van der Waals surface area contributed by atoms with E-state index in [1.54, 1.807) is 6.07 Å². The highest BCUT2D eigenvalue weighted by Gasteiger charge is 2.33. The molecule has 1 saturated carbocycles. The van der Waals surface area contributed by atoms with E-state index >= 15 is 0 Å². The number of nitrogens with one attached hydrogen (secondary N) is 1. The van der Waals surface area contributed by atoms with Crippen LogP contribution in [0.3, 0.4) is 0 Å². The lowest BCUT2D eigenvalue weighted by atomic mass is 9.78. The van der Waals surface area contributed by atoms with Crippen molar-refractivity contribution in [2.45, 2.75) is 31.7 Å². The highest BCUT2D eigenvalue weighted by molar-refractivity contribution is 6.32. The molecule has 0 spiro atoms. The van der Waals surface area contributed by atoms with E-state index in [2.05, 4.69) is 5.32 Å². The highest BCUT2D eigenvalue weighted by Crippen LogP contribution is 2.31. The summed E-state index contributed by atoms with van der Waals surface area (Å²) < 4.78 is 0. The minimum absolute atomic E-state index is 0.00641. The summed E-state index contributed by atoms with van der Waals surface area (Å²) in [5.41, 5.74) is 0.414. The molecule has 1 aromatic rings. The van der Waals surface area contributed by atoms with E-state index in [4.69, 9.17) is 11.6 Å². The molecule has 1 aromatic carbocycles. The van der Waals surface area contributed by atoms with Gasteiger partial charge in [0.2, 0.25) is 0 Å². The number of hydrogen-bond donors (Lipinski definition) is 2. The molecule has 16 heavy (non-hydrogen) atoms. The number of phenolic OH excluding ortho intramolecular Hbond substituents is 1. The van der Waals surface area contributed by atoms with Gasteiger partial charge in [0.25, 0.3) is 5.91 Å². The van der Waals surface area contributed by atoms with Gasteiger partial charge >= 0.3 is 0 Å². The Morgan fingerprint density at radius 2 is 2.19 bits per heavy atom. The molecule has 0 aliphatic heterocycles. The summed E-state index contributed by atoms with van der Waals surface area (Å²) in [6, 6.07) is 4.48. The highest BCUT2D eigenvalue weighted by atomic mass is 35.5. The normalized spacial score (nSPS) is 17.6. The molecule has 3 nitrogen and oxygen atoms in total. The van der Waals surface area contributed by atoms with Crippen LogP contribution in [0, 0.1) is 0 Å². The zero-order valence-electron chi connectivity index (χ0n) is 9.09. The molecule has 0 radical (unpaired) electrons. The molecular weight excluding hydrogens is 226 g/mol. The third kappa shape index (κ3) is 2.14. The number of carbonyl (C=O) groups excluding carboxylic acids is 1. The topological polar surface area (TPSA) is 49.3 Å². The quantitative estimate of drug-likeness (QED) is 0.834. The number of halogens is 1. The van der Waals surface area contributed by atoms with Crippen LogP contribution < -0.4 is 5.32 Å². The van der Waals surface area contributed by atoms with Gasteiger partial charge in [-0.3, -0.25) is 4.79 Å². The van der Waals surface area contributed by atoms with Gasteiger partial charge in [-0.25, -0.2) is 0 Å². The predicted molar refractivity (Wildman–Crippen MR) is 62.8 cm³/mol. The van der Waals surface area contributed by atoms with Gasteiger partial charge in [-0.1, -0.05) is 11.6 Å². The average Bonchev–Trinajstić information content (AvgIpc) is 2.19. The Morgan fingerprint density at radius 1 is 1.50 bits per heavy atom. The first-order valence-corrected chi connectivity index (χ1v) is 5.69. The molecule has 86 valence electrons. The Bertz CT molecular complexity index is 427. The van der Waals surface area contributed by atoms with Crippen molar-refractivity contribution in [1.82, 2.24) is 5.32 Å². The van der Waals surface area contributed by atoms with Gasteiger partial charge < -0.3 is 10.4 Å². The van der Waals surface area contributed by atoms with Crippen molar-refractivity contribution in [2.24, 2.45) is 0 Å². The Labute approximate surface area is 99.4 Å². The summed E-state index contributed by atoms with van der Waals surface area (Å²) in [7, 11) is 0. The fourth-order valence-electron chi connectivity index (χ4n) is 1.83. The van der Waals surface area contributed by atoms with Crippen LogP contribution in [0.1, 0.15) is 36.5 Å². The van der Waals surface area contributed by atoms with Crippen LogP contribution in [0.15, 0.2) is 18.2 Å². The van der Waals surface area contributed by atoms with Crippen molar-refractivity contribution >= 4 is 17.5 Å². The van der Waals surface area contributed by atoms with E-state index in [-0.39, 0.29) is 22.2 Å². The smallest absolute Gasteiger partial charge is 0.251 e. The minimum Gasteiger partial charge on any atom is -0.506 e. The van der Waals surface area contributed by atoms with E-state index in [9.17, 15) is 9.90 Å². The summed E-state index contributed by atoms with van der Waals surface area (Å²) in [4.78, 5) is 11.9. The van der Waals surface area contributed by atoms with Crippen molar-refractivity contribution < 1.29 is 9.90 Å². The Morgan fingerprint density at radius 3 is 2.69 bits per heavy atom. The Hall–Kier alpha value is -1.22. The van der Waals surface area contributed by atoms with Crippen LogP contribution in [-0.2, 0) is 0 Å². The largest absolute Gasteiger partial charge is 0.506 e. The number of rotatable bonds is 2. The van der Waals surface area contributed by atoms with Crippen molar-refractivity contribution in [2.75, 3.05) is 0 Å². The molecular formula is C12H14ClNO2. The minimum atomic E-state index is -0.135. The maximum Gasteiger partial charge on any atom is 0.251 e. The molecule has 0 aromatic heterocycles. The Kier molecular flexibility index (Phi) is 2.80. The summed E-state index contributed by atoms with van der Waals surface area (Å²) in [6.07, 6.45) is 3.20. The zero-order valence-corrected chi connectivity index (χ0v) is 9.84. The van der Waals surface area contributed by atoms with Gasteiger partial charge in [0, 0.05) is 11.1 Å². The second-order valence-corrected chi connectivity index (χ2v) is 4.94. The molecule has 2 N–H and O–H groups in total. The molecule has 1 fully saturated rings. The fraction of sp³-hybridized carbons (Fsp3) is 0.417. The molecule has 0 saturated heterocycles. The van der Waals surface area contributed by atoms with Gasteiger partial charge in [0.05, 0.1) is 5.02 Å². The number of hydrogen-bond acceptors (Lipinski definition) is 2. The standard InChI is InChI=1S/C12H14ClNO2/c1-12(5-2-6-12)14-11(16)8-3-4-10(15)9(13)7-8/h3-4,7,15H,2,5-6H2,1H3,(H,14,16). The van der Waals surface area contributed by atoms with Gasteiger partial charge in [0.15, 0.2) is 0 Å². The monoisotopic (exact) mass is 239 g/mol. The van der Waals surface area contributed by atoms with Crippen LogP contribution >= 0.6 is 11.6 Å².